The lowest BCUT2D eigenvalue weighted by atomic mass is 9.98. The molecule has 0 radical (unpaired) electrons. The van der Waals surface area contributed by atoms with Crippen molar-refractivity contribution in [3.05, 3.63) is 118 Å². The predicted octanol–water partition coefficient (Wildman–Crippen LogP) is 6.11. The van der Waals surface area contributed by atoms with Gasteiger partial charge in [-0.15, -0.1) is 0 Å². The van der Waals surface area contributed by atoms with Crippen LogP contribution in [0.25, 0.3) is 11.1 Å². The van der Waals surface area contributed by atoms with Gasteiger partial charge in [-0.05, 0) is 58.5 Å². The summed E-state index contributed by atoms with van der Waals surface area (Å²) in [6.45, 7) is 4.19. The summed E-state index contributed by atoms with van der Waals surface area (Å²) in [6, 6.07) is 25.4. The number of nitro benzene ring substituents is 1. The highest BCUT2D eigenvalue weighted by molar-refractivity contribution is 5.79. The van der Waals surface area contributed by atoms with Gasteiger partial charge in [-0.3, -0.25) is 29.3 Å². The molecule has 66 heavy (non-hydrogen) atoms. The molecule has 0 aromatic heterocycles. The summed E-state index contributed by atoms with van der Waals surface area (Å²) in [4.78, 5) is 84.7. The summed E-state index contributed by atoms with van der Waals surface area (Å²) in [5.41, 5.74) is 4.86. The zero-order valence-electron chi connectivity index (χ0n) is 36.3. The number of alkyl carbamates (subject to hydrolysis) is 1. The quantitative estimate of drug-likeness (QED) is 0.0285. The van der Waals surface area contributed by atoms with Crippen LogP contribution in [0.3, 0.4) is 0 Å². The summed E-state index contributed by atoms with van der Waals surface area (Å²) in [7, 11) is 0. The fraction of sp³-hybridized carbons (Fsp3) is 0.348. The van der Waals surface area contributed by atoms with Crippen LogP contribution in [0.15, 0.2) is 91.0 Å². The van der Waals surface area contributed by atoms with Gasteiger partial charge in [0, 0.05) is 58.8 Å². The van der Waals surface area contributed by atoms with E-state index in [1.165, 1.54) is 24.3 Å². The van der Waals surface area contributed by atoms with Gasteiger partial charge in [0.05, 0.1) is 10.6 Å². The second-order valence-electron chi connectivity index (χ2n) is 14.9. The third kappa shape index (κ3) is 12.7. The number of nitrogens with zero attached hydrogens (tertiary/aromatic N) is 1. The minimum Gasteiger partial charge on any atom is -0.463 e. The highest BCUT2D eigenvalue weighted by atomic mass is 16.7. The number of benzene rings is 4. The molecule has 1 aliphatic carbocycles. The first kappa shape index (κ1) is 47.7. The Kier molecular flexibility index (Phi) is 16.1. The average Bonchev–Trinajstić information content (AvgIpc) is 3.59. The first-order chi connectivity index (χ1) is 31.7. The minimum absolute atomic E-state index is 0.00761. The molecular formula is C46H47N3O17. The van der Waals surface area contributed by atoms with Crippen LogP contribution < -0.4 is 20.1 Å². The highest BCUT2D eigenvalue weighted by Crippen LogP contribution is 2.44. The number of nitrogens with one attached hydrogen (secondary N) is 2. The van der Waals surface area contributed by atoms with E-state index in [4.69, 9.17) is 42.6 Å². The maximum atomic E-state index is 12.9. The number of rotatable bonds is 18. The fourth-order valence-electron chi connectivity index (χ4n) is 7.37. The number of carbonyl (C=O) groups excluding carboxylic acids is 6. The lowest BCUT2D eigenvalue weighted by molar-refractivity contribution is -0.384. The second kappa shape index (κ2) is 22.2. The Bertz CT molecular complexity index is 2380. The zero-order valence-corrected chi connectivity index (χ0v) is 36.3. The van der Waals surface area contributed by atoms with Gasteiger partial charge in [-0.1, -0.05) is 54.6 Å². The van der Waals surface area contributed by atoms with Crippen molar-refractivity contribution in [2.75, 3.05) is 31.6 Å². The summed E-state index contributed by atoms with van der Waals surface area (Å²) in [5, 5.41) is 17.0. The summed E-state index contributed by atoms with van der Waals surface area (Å²) in [6.07, 6.45) is -8.64. The van der Waals surface area contributed by atoms with Crippen molar-refractivity contribution in [1.29, 1.82) is 0 Å². The number of fused-ring (bicyclic) bond motifs is 3. The molecule has 20 nitrogen and oxygen atoms in total. The lowest BCUT2D eigenvalue weighted by Crippen LogP contribution is -2.63. The summed E-state index contributed by atoms with van der Waals surface area (Å²) < 4.78 is 50.2. The standard InChI is InChI=1S/C46H47N3O17/c1-26(50)58-25-40-41(61-27(2)51)42(62-28(3)52)43(63-29(4)53)44(66-40)65-39-19-14-30(23-60-46(55)64-32-17-15-31(16-18-32)49(56)57)22-38(39)47-20-9-21-48-45(54)59-24-37-35-12-7-5-10-33(35)34-11-6-8-13-36(34)37/h5-8,10-19,22,37,40-44,47H,9,20-21,23-25H2,1-4H3,(H,48,54)/t40-,41+,42+,43-,44-/m1/s1. The molecule has 1 saturated heterocycles. The first-order valence-corrected chi connectivity index (χ1v) is 20.7. The average molecular weight is 914 g/mol. The van der Waals surface area contributed by atoms with Crippen LogP contribution in [0.5, 0.6) is 11.5 Å². The van der Waals surface area contributed by atoms with E-state index >= 15 is 0 Å². The number of nitro groups is 1. The first-order valence-electron chi connectivity index (χ1n) is 20.7. The highest BCUT2D eigenvalue weighted by Gasteiger charge is 2.53. The molecule has 0 bridgehead atoms. The van der Waals surface area contributed by atoms with Gasteiger partial charge in [-0.2, -0.15) is 0 Å². The molecule has 0 unspecified atom stereocenters. The van der Waals surface area contributed by atoms with Crippen molar-refractivity contribution in [2.24, 2.45) is 0 Å². The van der Waals surface area contributed by atoms with Crippen molar-refractivity contribution >= 4 is 47.5 Å². The van der Waals surface area contributed by atoms with Crippen LogP contribution in [0.4, 0.5) is 21.0 Å². The topological polar surface area (TPSA) is 253 Å². The molecule has 348 valence electrons. The lowest BCUT2D eigenvalue weighted by Gasteiger charge is -2.44. The van der Waals surface area contributed by atoms with Crippen molar-refractivity contribution in [2.45, 2.75) is 77.3 Å². The molecule has 6 rings (SSSR count). The Morgan fingerprint density at radius 1 is 0.682 bits per heavy atom. The number of non-ortho nitro benzene ring substituents is 1. The van der Waals surface area contributed by atoms with E-state index in [0.29, 0.717) is 12.0 Å². The number of ether oxygens (including phenoxy) is 9. The van der Waals surface area contributed by atoms with E-state index in [9.17, 15) is 38.9 Å². The van der Waals surface area contributed by atoms with Crippen LogP contribution in [-0.4, -0.2) is 98.1 Å². The number of amides is 1. The van der Waals surface area contributed by atoms with Gasteiger partial charge in [0.1, 0.15) is 37.4 Å². The van der Waals surface area contributed by atoms with E-state index in [0.717, 1.165) is 62.1 Å². The van der Waals surface area contributed by atoms with E-state index in [-0.39, 0.29) is 55.1 Å². The van der Waals surface area contributed by atoms with E-state index in [2.05, 4.69) is 10.6 Å². The van der Waals surface area contributed by atoms with Crippen LogP contribution in [0, 0.1) is 10.1 Å². The third-order valence-corrected chi connectivity index (χ3v) is 10.1. The van der Waals surface area contributed by atoms with Crippen LogP contribution in [0.2, 0.25) is 0 Å². The molecule has 2 aliphatic rings. The van der Waals surface area contributed by atoms with E-state index in [1.54, 1.807) is 6.07 Å². The molecule has 1 aliphatic heterocycles. The number of hydrogen-bond acceptors (Lipinski definition) is 18. The molecule has 1 heterocycles. The molecule has 4 aromatic carbocycles. The van der Waals surface area contributed by atoms with Gasteiger partial charge in [-0.25, -0.2) is 9.59 Å². The van der Waals surface area contributed by atoms with Crippen LogP contribution in [0.1, 0.15) is 56.7 Å². The Balaban J connectivity index is 1.16. The second-order valence-corrected chi connectivity index (χ2v) is 14.9. The van der Waals surface area contributed by atoms with Gasteiger partial charge in [0.25, 0.3) is 5.69 Å². The minimum atomic E-state index is -1.57. The predicted molar refractivity (Wildman–Crippen MR) is 229 cm³/mol. The van der Waals surface area contributed by atoms with E-state index < -0.39 is 78.4 Å². The zero-order chi connectivity index (χ0) is 47.3. The third-order valence-electron chi connectivity index (χ3n) is 10.1. The molecule has 0 spiro atoms. The number of hydrogen-bond donors (Lipinski definition) is 2. The maximum Gasteiger partial charge on any atom is 0.514 e. The molecular weight excluding hydrogens is 867 g/mol. The molecule has 20 heteroatoms. The molecule has 0 saturated carbocycles. The van der Waals surface area contributed by atoms with E-state index in [1.807, 2.05) is 48.5 Å². The molecule has 2 N–H and O–H groups in total. The Hall–Kier alpha value is -7.74. The Morgan fingerprint density at radius 2 is 1.30 bits per heavy atom. The van der Waals surface area contributed by atoms with Crippen molar-refractivity contribution < 1.29 is 76.3 Å². The molecule has 5 atom stereocenters. The fourth-order valence-corrected chi connectivity index (χ4v) is 7.37. The van der Waals surface area contributed by atoms with Crippen LogP contribution in [-0.2, 0) is 58.9 Å². The van der Waals surface area contributed by atoms with Crippen molar-refractivity contribution in [3.8, 4) is 22.6 Å². The molecule has 4 aromatic rings. The Morgan fingerprint density at radius 3 is 1.92 bits per heavy atom. The van der Waals surface area contributed by atoms with Gasteiger partial charge in [0.15, 0.2) is 12.2 Å². The smallest absolute Gasteiger partial charge is 0.463 e. The normalized spacial score (nSPS) is 18.3. The summed E-state index contributed by atoms with van der Waals surface area (Å²) >= 11 is 0. The Labute approximate surface area is 377 Å². The van der Waals surface area contributed by atoms with Gasteiger partial charge < -0.3 is 53.3 Å². The SMILES string of the molecule is CC(=O)OC[C@H]1O[C@@H](Oc2ccc(COC(=O)Oc3ccc([N+](=O)[O-])cc3)cc2NCCCNC(=O)OCC2c3ccccc3-c3ccccc32)[C@H](OC(C)=O)[C@@H](OC(C)=O)[C@H]1OC(C)=O. The van der Waals surface area contributed by atoms with Crippen LogP contribution >= 0.6 is 0 Å². The van der Waals surface area contributed by atoms with Gasteiger partial charge >= 0.3 is 36.1 Å². The molecule has 1 amide bonds. The van der Waals surface area contributed by atoms with Crippen molar-refractivity contribution in [1.82, 2.24) is 5.32 Å². The molecule has 1 fully saturated rings. The van der Waals surface area contributed by atoms with Gasteiger partial charge in [0.2, 0.25) is 12.4 Å². The summed E-state index contributed by atoms with van der Waals surface area (Å²) in [5.74, 6) is -3.19. The number of carbonyl (C=O) groups is 6. The van der Waals surface area contributed by atoms with Crippen molar-refractivity contribution in [3.63, 3.8) is 0 Å². The number of esters is 4. The number of anilines is 1. The monoisotopic (exact) mass is 913 g/mol. The maximum absolute atomic E-state index is 12.9. The largest absolute Gasteiger partial charge is 0.514 e.